The second kappa shape index (κ2) is 7.53. The molecular weight excluding hydrogens is 284 g/mol. The van der Waals surface area contributed by atoms with E-state index in [0.29, 0.717) is 31.7 Å². The van der Waals surface area contributed by atoms with Crippen molar-refractivity contribution >= 4 is 23.5 Å². The maximum Gasteiger partial charge on any atom is 0.314 e. The lowest BCUT2D eigenvalue weighted by molar-refractivity contribution is -0.136. The Bertz CT molecular complexity index is 556. The van der Waals surface area contributed by atoms with E-state index in [0.717, 1.165) is 18.5 Å². The summed E-state index contributed by atoms with van der Waals surface area (Å²) < 4.78 is 0. The van der Waals surface area contributed by atoms with Gasteiger partial charge in [-0.3, -0.25) is 14.4 Å². The lowest BCUT2D eigenvalue weighted by Gasteiger charge is -2.15. The first kappa shape index (κ1) is 15.9. The third-order valence-electron chi connectivity index (χ3n) is 3.42. The fraction of sp³-hybridized carbons (Fsp3) is 0.467. The van der Waals surface area contributed by atoms with Crippen molar-refractivity contribution in [1.82, 2.24) is 15.2 Å². The van der Waals surface area contributed by atoms with Crippen LogP contribution in [0.3, 0.4) is 0 Å². The summed E-state index contributed by atoms with van der Waals surface area (Å²) >= 11 is 0. The third-order valence-corrected chi connectivity index (χ3v) is 3.42. The van der Waals surface area contributed by atoms with Crippen molar-refractivity contribution in [2.45, 2.75) is 26.2 Å². The lowest BCUT2D eigenvalue weighted by Crippen LogP contribution is -2.37. The Hall–Kier alpha value is -2.44. The first-order chi connectivity index (χ1) is 10.6. The van der Waals surface area contributed by atoms with Crippen molar-refractivity contribution in [3.63, 3.8) is 0 Å². The fourth-order valence-electron chi connectivity index (χ4n) is 2.21. The largest absolute Gasteiger partial charge is 0.348 e. The Kier molecular flexibility index (Phi) is 5.46. The van der Waals surface area contributed by atoms with Crippen molar-refractivity contribution in [3.8, 4) is 0 Å². The average Bonchev–Trinajstić information content (AvgIpc) is 2.91. The van der Waals surface area contributed by atoms with Crippen LogP contribution in [-0.2, 0) is 14.4 Å². The first-order valence-corrected chi connectivity index (χ1v) is 7.36. The molecule has 0 unspecified atom stereocenters. The second-order valence-electron chi connectivity index (χ2n) is 5.27. The predicted octanol–water partition coefficient (Wildman–Crippen LogP) is 0.457. The van der Waals surface area contributed by atoms with E-state index in [4.69, 9.17) is 0 Å². The maximum atomic E-state index is 11.7. The number of hydrogen-bond acceptors (Lipinski definition) is 4. The van der Waals surface area contributed by atoms with Crippen LogP contribution >= 0.6 is 0 Å². The number of rotatable bonds is 5. The van der Waals surface area contributed by atoms with Gasteiger partial charge in [0.05, 0.1) is 0 Å². The van der Waals surface area contributed by atoms with Crippen LogP contribution in [0.25, 0.3) is 0 Å². The number of aromatic nitrogens is 1. The van der Waals surface area contributed by atoms with Crippen molar-refractivity contribution in [3.05, 3.63) is 23.9 Å². The Morgan fingerprint density at radius 3 is 2.77 bits per heavy atom. The highest BCUT2D eigenvalue weighted by Gasteiger charge is 2.19. The minimum atomic E-state index is -0.742. The summed E-state index contributed by atoms with van der Waals surface area (Å²) in [6, 6.07) is 3.44. The van der Waals surface area contributed by atoms with Gasteiger partial charge in [0.15, 0.2) is 0 Å². The number of nitrogens with one attached hydrogen (secondary N) is 2. The zero-order valence-corrected chi connectivity index (χ0v) is 12.6. The molecule has 118 valence electrons. The number of anilines is 1. The SMILES string of the molecule is Cc1ccc(NC(=O)C(=O)NCCCN2CCCC2=O)nc1. The van der Waals surface area contributed by atoms with Gasteiger partial charge in [0, 0.05) is 32.3 Å². The standard InChI is InChI=1S/C15H20N4O3/c1-11-5-6-12(17-10-11)18-15(22)14(21)16-7-3-9-19-8-2-4-13(19)20/h5-6,10H,2-4,7-9H2,1H3,(H,16,21)(H,17,18,22). The summed E-state index contributed by atoms with van der Waals surface area (Å²) in [5.74, 6) is -0.938. The van der Waals surface area contributed by atoms with Gasteiger partial charge in [0.25, 0.3) is 0 Å². The molecule has 0 radical (unpaired) electrons. The quantitative estimate of drug-likeness (QED) is 0.610. The van der Waals surface area contributed by atoms with Crippen LogP contribution in [0, 0.1) is 6.92 Å². The van der Waals surface area contributed by atoms with E-state index >= 15 is 0 Å². The van der Waals surface area contributed by atoms with Gasteiger partial charge in [-0.1, -0.05) is 6.07 Å². The van der Waals surface area contributed by atoms with Crippen LogP contribution in [0.4, 0.5) is 5.82 Å². The molecule has 0 bridgehead atoms. The van der Waals surface area contributed by atoms with Gasteiger partial charge in [0.1, 0.15) is 5.82 Å². The topological polar surface area (TPSA) is 91.4 Å². The number of carbonyl (C=O) groups excluding carboxylic acids is 3. The van der Waals surface area contributed by atoms with Gasteiger partial charge in [0.2, 0.25) is 5.91 Å². The molecule has 0 atom stereocenters. The zero-order chi connectivity index (χ0) is 15.9. The van der Waals surface area contributed by atoms with Gasteiger partial charge in [-0.15, -0.1) is 0 Å². The number of carbonyl (C=O) groups is 3. The minimum Gasteiger partial charge on any atom is -0.348 e. The summed E-state index contributed by atoms with van der Waals surface area (Å²) in [6.45, 7) is 3.64. The molecule has 1 saturated heterocycles. The summed E-state index contributed by atoms with van der Waals surface area (Å²) in [6.07, 6.45) is 3.75. The number of aryl methyl sites for hydroxylation is 1. The molecule has 1 aromatic heterocycles. The number of hydrogen-bond donors (Lipinski definition) is 2. The van der Waals surface area contributed by atoms with Crippen molar-refractivity contribution in [2.24, 2.45) is 0 Å². The van der Waals surface area contributed by atoms with Crippen molar-refractivity contribution in [1.29, 1.82) is 0 Å². The monoisotopic (exact) mass is 304 g/mol. The Morgan fingerprint density at radius 2 is 2.14 bits per heavy atom. The highest BCUT2D eigenvalue weighted by molar-refractivity contribution is 6.39. The first-order valence-electron chi connectivity index (χ1n) is 7.36. The molecule has 2 heterocycles. The number of pyridine rings is 1. The molecule has 0 spiro atoms. The van der Waals surface area contributed by atoms with E-state index in [-0.39, 0.29) is 5.91 Å². The van der Waals surface area contributed by atoms with E-state index in [9.17, 15) is 14.4 Å². The summed E-state index contributed by atoms with van der Waals surface area (Å²) in [4.78, 5) is 40.5. The maximum absolute atomic E-state index is 11.7. The number of nitrogens with zero attached hydrogens (tertiary/aromatic N) is 2. The minimum absolute atomic E-state index is 0.162. The molecule has 0 aromatic carbocycles. The summed E-state index contributed by atoms with van der Waals surface area (Å²) in [7, 11) is 0. The Balaban J connectivity index is 1.67. The van der Waals surface area contributed by atoms with Crippen LogP contribution < -0.4 is 10.6 Å². The zero-order valence-electron chi connectivity index (χ0n) is 12.6. The lowest BCUT2D eigenvalue weighted by atomic mass is 10.3. The predicted molar refractivity (Wildman–Crippen MR) is 81.0 cm³/mol. The van der Waals surface area contributed by atoms with Gasteiger partial charge in [-0.25, -0.2) is 4.98 Å². The molecule has 2 rings (SSSR count). The van der Waals surface area contributed by atoms with Gasteiger partial charge >= 0.3 is 11.8 Å². The van der Waals surface area contributed by atoms with E-state index in [1.807, 2.05) is 6.92 Å². The Morgan fingerprint density at radius 1 is 1.32 bits per heavy atom. The number of likely N-dealkylation sites (tertiary alicyclic amines) is 1. The normalized spacial score (nSPS) is 14.0. The van der Waals surface area contributed by atoms with E-state index in [2.05, 4.69) is 15.6 Å². The average molecular weight is 304 g/mol. The molecule has 2 N–H and O–H groups in total. The molecule has 0 saturated carbocycles. The van der Waals surface area contributed by atoms with Gasteiger partial charge in [-0.05, 0) is 31.4 Å². The molecule has 1 aromatic rings. The van der Waals surface area contributed by atoms with Crippen LogP contribution in [0.5, 0.6) is 0 Å². The van der Waals surface area contributed by atoms with Gasteiger partial charge < -0.3 is 15.5 Å². The second-order valence-corrected chi connectivity index (χ2v) is 5.27. The molecule has 3 amide bonds. The fourth-order valence-corrected chi connectivity index (χ4v) is 2.21. The molecule has 22 heavy (non-hydrogen) atoms. The molecule has 1 aliphatic rings. The van der Waals surface area contributed by atoms with Crippen molar-refractivity contribution < 1.29 is 14.4 Å². The summed E-state index contributed by atoms with van der Waals surface area (Å²) in [5, 5.41) is 4.97. The smallest absolute Gasteiger partial charge is 0.314 e. The summed E-state index contributed by atoms with van der Waals surface area (Å²) in [5.41, 5.74) is 0.971. The van der Waals surface area contributed by atoms with Crippen LogP contribution in [0.15, 0.2) is 18.3 Å². The molecule has 1 fully saturated rings. The van der Waals surface area contributed by atoms with E-state index < -0.39 is 11.8 Å². The molecule has 7 nitrogen and oxygen atoms in total. The van der Waals surface area contributed by atoms with Crippen LogP contribution in [0.1, 0.15) is 24.8 Å². The molecular formula is C15H20N4O3. The third kappa shape index (κ3) is 4.54. The van der Waals surface area contributed by atoms with Gasteiger partial charge in [-0.2, -0.15) is 0 Å². The molecule has 7 heteroatoms. The highest BCUT2D eigenvalue weighted by atomic mass is 16.2. The van der Waals surface area contributed by atoms with Crippen LogP contribution in [0.2, 0.25) is 0 Å². The number of amides is 3. The highest BCUT2D eigenvalue weighted by Crippen LogP contribution is 2.09. The molecule has 1 aliphatic heterocycles. The van der Waals surface area contributed by atoms with E-state index in [1.165, 1.54) is 0 Å². The Labute approximate surface area is 129 Å². The van der Waals surface area contributed by atoms with Crippen LogP contribution in [-0.4, -0.2) is 47.2 Å². The molecule has 0 aliphatic carbocycles. The van der Waals surface area contributed by atoms with E-state index in [1.54, 1.807) is 23.2 Å². The van der Waals surface area contributed by atoms with Crippen molar-refractivity contribution in [2.75, 3.05) is 25.0 Å².